The number of ether oxygens (including phenoxy) is 1. The van der Waals surface area contributed by atoms with E-state index in [1.807, 2.05) is 20.8 Å². The third-order valence-corrected chi connectivity index (χ3v) is 4.55. The number of aliphatic hydroxyl groups is 2. The minimum absolute atomic E-state index is 0.123. The number of carbonyl (C=O) groups is 1. The Morgan fingerprint density at radius 3 is 2.33 bits per heavy atom. The number of esters is 1. The van der Waals surface area contributed by atoms with Gasteiger partial charge >= 0.3 is 5.97 Å². The molecule has 0 fully saturated rings. The van der Waals surface area contributed by atoms with Crippen LogP contribution in [-0.2, 0) is 9.53 Å². The number of aliphatic hydroxyl groups excluding tert-OH is 2. The predicted molar refractivity (Wildman–Crippen MR) is 98.7 cm³/mol. The fourth-order valence-corrected chi connectivity index (χ4v) is 2.85. The topological polar surface area (TPSA) is 66.8 Å². The lowest BCUT2D eigenvalue weighted by Crippen LogP contribution is -2.14. The minimum atomic E-state index is -0.361. The lowest BCUT2D eigenvalue weighted by Gasteiger charge is -2.22. The summed E-state index contributed by atoms with van der Waals surface area (Å²) in [6.07, 6.45) is 9.10. The number of hydrogen-bond donors (Lipinski definition) is 2. The van der Waals surface area contributed by atoms with Crippen LogP contribution in [0.4, 0.5) is 0 Å². The summed E-state index contributed by atoms with van der Waals surface area (Å²) in [5, 5.41) is 19.2. The molecule has 24 heavy (non-hydrogen) atoms. The Morgan fingerprint density at radius 2 is 1.79 bits per heavy atom. The molecule has 0 bridgehead atoms. The van der Waals surface area contributed by atoms with Crippen molar-refractivity contribution in [1.82, 2.24) is 0 Å². The lowest BCUT2D eigenvalue weighted by molar-refractivity contribution is -0.143. The first kappa shape index (κ1) is 23.1. The van der Waals surface area contributed by atoms with Gasteiger partial charge in [0.2, 0.25) is 0 Å². The highest BCUT2D eigenvalue weighted by Crippen LogP contribution is 2.28. The van der Waals surface area contributed by atoms with Crippen molar-refractivity contribution in [2.45, 2.75) is 85.2 Å². The SMILES string of the molecule is CCCC/C(=C\[C@@H](C)[C@@H](C)O)[C@@H](CCO)CCCCC(=O)OCC. The molecule has 0 spiro atoms. The quantitative estimate of drug-likeness (QED) is 0.281. The summed E-state index contributed by atoms with van der Waals surface area (Å²) < 4.78 is 4.96. The van der Waals surface area contributed by atoms with Crippen LogP contribution in [-0.4, -0.2) is 35.5 Å². The molecule has 4 nitrogen and oxygen atoms in total. The zero-order valence-electron chi connectivity index (χ0n) is 16.1. The molecule has 3 atom stereocenters. The van der Waals surface area contributed by atoms with E-state index < -0.39 is 0 Å². The van der Waals surface area contributed by atoms with Gasteiger partial charge in [0.05, 0.1) is 12.7 Å². The molecule has 0 aromatic carbocycles. The second kappa shape index (κ2) is 14.5. The van der Waals surface area contributed by atoms with Gasteiger partial charge in [-0.1, -0.05) is 38.3 Å². The third-order valence-electron chi connectivity index (χ3n) is 4.55. The third kappa shape index (κ3) is 10.8. The van der Waals surface area contributed by atoms with E-state index in [9.17, 15) is 15.0 Å². The number of allylic oxidation sites excluding steroid dienone is 1. The molecule has 0 aromatic rings. The van der Waals surface area contributed by atoms with Crippen molar-refractivity contribution in [2.24, 2.45) is 11.8 Å². The maximum atomic E-state index is 11.4. The summed E-state index contributed by atoms with van der Waals surface area (Å²) in [5.74, 6) is 0.336. The van der Waals surface area contributed by atoms with E-state index in [4.69, 9.17) is 4.74 Å². The van der Waals surface area contributed by atoms with Crippen molar-refractivity contribution in [3.8, 4) is 0 Å². The molecule has 2 N–H and O–H groups in total. The Kier molecular flexibility index (Phi) is 13.9. The van der Waals surface area contributed by atoms with E-state index in [-0.39, 0.29) is 24.6 Å². The first-order valence-corrected chi connectivity index (χ1v) is 9.61. The number of hydrogen-bond acceptors (Lipinski definition) is 4. The first-order valence-electron chi connectivity index (χ1n) is 9.61. The smallest absolute Gasteiger partial charge is 0.305 e. The average Bonchev–Trinajstić information content (AvgIpc) is 2.54. The molecule has 142 valence electrons. The summed E-state index contributed by atoms with van der Waals surface area (Å²) in [6, 6.07) is 0. The molecule has 0 radical (unpaired) electrons. The van der Waals surface area contributed by atoms with Crippen LogP contribution < -0.4 is 0 Å². The van der Waals surface area contributed by atoms with Gasteiger partial charge in [-0.05, 0) is 57.8 Å². The molecule has 0 rings (SSSR count). The summed E-state index contributed by atoms with van der Waals surface area (Å²) in [5.41, 5.74) is 1.36. The summed E-state index contributed by atoms with van der Waals surface area (Å²) in [7, 11) is 0. The Balaban J connectivity index is 4.69. The molecule has 0 heterocycles. The van der Waals surface area contributed by atoms with E-state index in [0.717, 1.165) is 44.9 Å². The van der Waals surface area contributed by atoms with Crippen molar-refractivity contribution < 1.29 is 19.7 Å². The van der Waals surface area contributed by atoms with Gasteiger partial charge in [0.25, 0.3) is 0 Å². The normalized spacial score (nSPS) is 15.8. The number of carbonyl (C=O) groups excluding carboxylic acids is 1. The van der Waals surface area contributed by atoms with Crippen LogP contribution in [0.2, 0.25) is 0 Å². The van der Waals surface area contributed by atoms with Crippen LogP contribution in [0, 0.1) is 11.8 Å². The molecule has 0 aliphatic heterocycles. The van der Waals surface area contributed by atoms with E-state index in [1.165, 1.54) is 5.57 Å². The van der Waals surface area contributed by atoms with Crippen molar-refractivity contribution in [1.29, 1.82) is 0 Å². The van der Waals surface area contributed by atoms with Crippen LogP contribution in [0.25, 0.3) is 0 Å². The lowest BCUT2D eigenvalue weighted by atomic mass is 9.85. The molecule has 0 aromatic heterocycles. The van der Waals surface area contributed by atoms with Crippen molar-refractivity contribution >= 4 is 5.97 Å². The highest BCUT2D eigenvalue weighted by molar-refractivity contribution is 5.69. The highest BCUT2D eigenvalue weighted by Gasteiger charge is 2.16. The van der Waals surface area contributed by atoms with Crippen LogP contribution in [0.15, 0.2) is 11.6 Å². The van der Waals surface area contributed by atoms with Crippen LogP contribution in [0.3, 0.4) is 0 Å². The second-order valence-electron chi connectivity index (χ2n) is 6.70. The van der Waals surface area contributed by atoms with Gasteiger partial charge in [0, 0.05) is 13.0 Å². The molecule has 0 saturated carbocycles. The summed E-state index contributed by atoms with van der Waals surface area (Å²) in [6.45, 7) is 8.47. The Hall–Kier alpha value is -0.870. The van der Waals surface area contributed by atoms with E-state index in [2.05, 4.69) is 13.0 Å². The molecule has 0 amide bonds. The van der Waals surface area contributed by atoms with Gasteiger partial charge in [-0.25, -0.2) is 0 Å². The standard InChI is InChI=1S/C20H38O4/c1-5-7-10-19(15-16(3)17(4)22)18(13-14-21)11-8-9-12-20(23)24-6-2/h15-18,21-22H,5-14H2,1-4H3/b19-15+/t16-,17-,18-/m1/s1. The Morgan fingerprint density at radius 1 is 1.08 bits per heavy atom. The molecular weight excluding hydrogens is 304 g/mol. The van der Waals surface area contributed by atoms with Crippen molar-refractivity contribution in [3.05, 3.63) is 11.6 Å². The maximum Gasteiger partial charge on any atom is 0.305 e. The van der Waals surface area contributed by atoms with Crippen LogP contribution in [0.5, 0.6) is 0 Å². The molecule has 0 unspecified atom stereocenters. The number of unbranched alkanes of at least 4 members (excludes halogenated alkanes) is 2. The molecular formula is C20H38O4. The van der Waals surface area contributed by atoms with E-state index in [0.29, 0.717) is 18.9 Å². The molecule has 0 aliphatic carbocycles. The monoisotopic (exact) mass is 342 g/mol. The average molecular weight is 343 g/mol. The van der Waals surface area contributed by atoms with Gasteiger partial charge < -0.3 is 14.9 Å². The van der Waals surface area contributed by atoms with Gasteiger partial charge in [0.15, 0.2) is 0 Å². The second-order valence-corrected chi connectivity index (χ2v) is 6.70. The van der Waals surface area contributed by atoms with Gasteiger partial charge in [-0.3, -0.25) is 4.79 Å². The predicted octanol–water partition coefficient (Wildman–Crippen LogP) is 4.24. The maximum absolute atomic E-state index is 11.4. The van der Waals surface area contributed by atoms with Gasteiger partial charge in [-0.15, -0.1) is 0 Å². The van der Waals surface area contributed by atoms with E-state index >= 15 is 0 Å². The molecule has 0 saturated heterocycles. The highest BCUT2D eigenvalue weighted by atomic mass is 16.5. The molecule has 4 heteroatoms. The van der Waals surface area contributed by atoms with Crippen molar-refractivity contribution in [3.63, 3.8) is 0 Å². The fourth-order valence-electron chi connectivity index (χ4n) is 2.85. The summed E-state index contributed by atoms with van der Waals surface area (Å²) >= 11 is 0. The Bertz CT molecular complexity index is 350. The van der Waals surface area contributed by atoms with Crippen LogP contribution >= 0.6 is 0 Å². The van der Waals surface area contributed by atoms with Crippen LogP contribution in [0.1, 0.15) is 79.1 Å². The molecule has 0 aliphatic rings. The fraction of sp³-hybridized carbons (Fsp3) is 0.850. The Labute approximate surface area is 148 Å². The zero-order valence-corrected chi connectivity index (χ0v) is 16.1. The van der Waals surface area contributed by atoms with Gasteiger partial charge in [0.1, 0.15) is 0 Å². The first-order chi connectivity index (χ1) is 11.5. The van der Waals surface area contributed by atoms with E-state index in [1.54, 1.807) is 0 Å². The van der Waals surface area contributed by atoms with Crippen molar-refractivity contribution in [2.75, 3.05) is 13.2 Å². The largest absolute Gasteiger partial charge is 0.466 e. The summed E-state index contributed by atoms with van der Waals surface area (Å²) in [4.78, 5) is 11.4. The number of rotatable bonds is 14. The minimum Gasteiger partial charge on any atom is -0.466 e. The zero-order chi connectivity index (χ0) is 18.4. The van der Waals surface area contributed by atoms with Gasteiger partial charge in [-0.2, -0.15) is 0 Å².